The van der Waals surface area contributed by atoms with E-state index in [0.717, 1.165) is 42.6 Å². The first-order valence-electron chi connectivity index (χ1n) is 12.2. The van der Waals surface area contributed by atoms with Gasteiger partial charge in [-0.3, -0.25) is 4.79 Å². The Morgan fingerprint density at radius 3 is 2.36 bits per heavy atom. The van der Waals surface area contributed by atoms with Crippen LogP contribution in [0.5, 0.6) is 5.75 Å². The SMILES string of the molecule is COc1ccc(S(=O)(=O)N2CCCCCC2)cc1C(=O)Nc1ccc(CSc2ccccc2)cc1C. The van der Waals surface area contributed by atoms with Crippen molar-refractivity contribution >= 4 is 33.4 Å². The van der Waals surface area contributed by atoms with Crippen molar-refractivity contribution in [3.8, 4) is 5.75 Å². The molecule has 1 fully saturated rings. The van der Waals surface area contributed by atoms with Gasteiger partial charge in [0, 0.05) is 29.4 Å². The molecule has 0 saturated carbocycles. The number of amides is 1. The predicted octanol–water partition coefficient (Wildman–Crippen LogP) is 6.11. The Morgan fingerprint density at radius 2 is 1.69 bits per heavy atom. The van der Waals surface area contributed by atoms with E-state index in [1.54, 1.807) is 17.8 Å². The highest BCUT2D eigenvalue weighted by Gasteiger charge is 2.27. The number of carbonyl (C=O) groups is 1. The van der Waals surface area contributed by atoms with Crippen LogP contribution < -0.4 is 10.1 Å². The van der Waals surface area contributed by atoms with E-state index in [-0.39, 0.29) is 10.5 Å². The summed E-state index contributed by atoms with van der Waals surface area (Å²) in [5.74, 6) is 0.744. The molecule has 8 heteroatoms. The Labute approximate surface area is 218 Å². The number of nitrogens with zero attached hydrogens (tertiary/aromatic N) is 1. The summed E-state index contributed by atoms with van der Waals surface area (Å²) in [6.07, 6.45) is 3.76. The summed E-state index contributed by atoms with van der Waals surface area (Å²) in [4.78, 5) is 14.6. The van der Waals surface area contributed by atoms with E-state index in [4.69, 9.17) is 4.74 Å². The predicted molar refractivity (Wildman–Crippen MR) is 145 cm³/mol. The van der Waals surface area contributed by atoms with E-state index in [1.807, 2.05) is 37.3 Å². The first kappa shape index (κ1) is 26.3. The van der Waals surface area contributed by atoms with Gasteiger partial charge in [-0.1, -0.05) is 43.2 Å². The van der Waals surface area contributed by atoms with Crippen molar-refractivity contribution in [3.63, 3.8) is 0 Å². The van der Waals surface area contributed by atoms with Gasteiger partial charge in [0.25, 0.3) is 5.91 Å². The monoisotopic (exact) mass is 524 g/mol. The second-order valence-electron chi connectivity index (χ2n) is 8.89. The number of thioether (sulfide) groups is 1. The van der Waals surface area contributed by atoms with Crippen LogP contribution in [0.2, 0.25) is 0 Å². The largest absolute Gasteiger partial charge is 0.496 e. The van der Waals surface area contributed by atoms with Crippen LogP contribution >= 0.6 is 11.8 Å². The Balaban J connectivity index is 1.51. The third kappa shape index (κ3) is 6.30. The van der Waals surface area contributed by atoms with Gasteiger partial charge >= 0.3 is 0 Å². The van der Waals surface area contributed by atoms with Crippen LogP contribution in [0, 0.1) is 6.92 Å². The third-order valence-electron chi connectivity index (χ3n) is 6.31. The first-order valence-corrected chi connectivity index (χ1v) is 14.6. The maximum absolute atomic E-state index is 13.3. The molecule has 0 spiro atoms. The van der Waals surface area contributed by atoms with E-state index >= 15 is 0 Å². The van der Waals surface area contributed by atoms with Crippen LogP contribution in [-0.2, 0) is 15.8 Å². The molecule has 1 aliphatic rings. The molecule has 0 bridgehead atoms. The Kier molecular flexibility index (Phi) is 8.72. The summed E-state index contributed by atoms with van der Waals surface area (Å²) < 4.78 is 33.5. The molecule has 1 amide bonds. The Morgan fingerprint density at radius 1 is 0.972 bits per heavy atom. The third-order valence-corrected chi connectivity index (χ3v) is 9.28. The zero-order valence-corrected chi connectivity index (χ0v) is 22.3. The highest BCUT2D eigenvalue weighted by molar-refractivity contribution is 7.98. The second-order valence-corrected chi connectivity index (χ2v) is 11.9. The average Bonchev–Trinajstić information content (AvgIpc) is 3.19. The van der Waals surface area contributed by atoms with E-state index in [1.165, 1.54) is 28.4 Å². The van der Waals surface area contributed by atoms with E-state index < -0.39 is 15.9 Å². The fourth-order valence-electron chi connectivity index (χ4n) is 4.28. The number of sulfonamides is 1. The van der Waals surface area contributed by atoms with Gasteiger partial charge in [-0.2, -0.15) is 4.31 Å². The zero-order chi connectivity index (χ0) is 25.5. The van der Waals surface area contributed by atoms with Crippen LogP contribution in [0.25, 0.3) is 0 Å². The molecule has 0 atom stereocenters. The molecule has 1 heterocycles. The summed E-state index contributed by atoms with van der Waals surface area (Å²) in [5.41, 5.74) is 2.96. The molecule has 3 aromatic carbocycles. The molecular formula is C28H32N2O4S2. The normalized spacial score (nSPS) is 14.7. The molecule has 0 aliphatic carbocycles. The summed E-state index contributed by atoms with van der Waals surface area (Å²) in [6.45, 7) is 2.96. The van der Waals surface area contributed by atoms with Crippen LogP contribution in [0.3, 0.4) is 0 Å². The topological polar surface area (TPSA) is 75.7 Å². The molecule has 0 aromatic heterocycles. The van der Waals surface area contributed by atoms with Crippen molar-refractivity contribution < 1.29 is 17.9 Å². The standard InChI is InChI=1S/C28H32N2O4S2/c1-21-18-22(20-35-23-10-6-5-7-11-23)12-14-26(21)29-28(31)25-19-24(13-15-27(25)34-2)36(32,33)30-16-8-3-4-9-17-30/h5-7,10-15,18-19H,3-4,8-9,16-17,20H2,1-2H3,(H,29,31). The number of ether oxygens (including phenoxy) is 1. The number of benzene rings is 3. The lowest BCUT2D eigenvalue weighted by Crippen LogP contribution is -2.32. The van der Waals surface area contributed by atoms with Gasteiger partial charge in [0.1, 0.15) is 5.75 Å². The fourth-order valence-corrected chi connectivity index (χ4v) is 6.69. The van der Waals surface area contributed by atoms with E-state index in [2.05, 4.69) is 23.5 Å². The minimum absolute atomic E-state index is 0.111. The van der Waals surface area contributed by atoms with Gasteiger partial charge < -0.3 is 10.1 Å². The minimum Gasteiger partial charge on any atom is -0.496 e. The maximum Gasteiger partial charge on any atom is 0.259 e. The molecule has 1 N–H and O–H groups in total. The summed E-state index contributed by atoms with van der Waals surface area (Å²) in [6, 6.07) is 20.6. The fraction of sp³-hybridized carbons (Fsp3) is 0.321. The lowest BCUT2D eigenvalue weighted by molar-refractivity contribution is 0.102. The van der Waals surface area contributed by atoms with Gasteiger partial charge in [0.15, 0.2) is 0 Å². The molecule has 0 radical (unpaired) electrons. The van der Waals surface area contributed by atoms with Crippen LogP contribution in [0.1, 0.15) is 47.2 Å². The molecule has 1 aliphatic heterocycles. The van der Waals surface area contributed by atoms with Gasteiger partial charge in [-0.15, -0.1) is 11.8 Å². The number of hydrogen-bond acceptors (Lipinski definition) is 5. The van der Waals surface area contributed by atoms with Crippen molar-refractivity contribution in [1.29, 1.82) is 0 Å². The lowest BCUT2D eigenvalue weighted by atomic mass is 10.1. The molecule has 6 nitrogen and oxygen atoms in total. The summed E-state index contributed by atoms with van der Waals surface area (Å²) in [7, 11) is -2.22. The maximum atomic E-state index is 13.3. The van der Waals surface area contributed by atoms with Crippen molar-refractivity contribution in [2.45, 2.75) is 48.2 Å². The van der Waals surface area contributed by atoms with Crippen molar-refractivity contribution in [1.82, 2.24) is 4.31 Å². The Bertz CT molecular complexity index is 1300. The van der Waals surface area contributed by atoms with Crippen LogP contribution in [-0.4, -0.2) is 38.8 Å². The molecule has 36 heavy (non-hydrogen) atoms. The van der Waals surface area contributed by atoms with Crippen molar-refractivity contribution in [2.24, 2.45) is 0 Å². The lowest BCUT2D eigenvalue weighted by Gasteiger charge is -2.21. The van der Waals surface area contributed by atoms with Crippen molar-refractivity contribution in [2.75, 3.05) is 25.5 Å². The molecule has 190 valence electrons. The van der Waals surface area contributed by atoms with Gasteiger partial charge in [-0.05, 0) is 67.3 Å². The average molecular weight is 525 g/mol. The van der Waals surface area contributed by atoms with E-state index in [0.29, 0.717) is 24.5 Å². The number of anilines is 1. The number of hydrogen-bond donors (Lipinski definition) is 1. The molecular weight excluding hydrogens is 492 g/mol. The van der Waals surface area contributed by atoms with Gasteiger partial charge in [0.05, 0.1) is 17.6 Å². The quantitative estimate of drug-likeness (QED) is 0.360. The van der Waals surface area contributed by atoms with Crippen LogP contribution in [0.4, 0.5) is 5.69 Å². The molecule has 1 saturated heterocycles. The first-order chi connectivity index (χ1) is 17.4. The number of aryl methyl sites for hydroxylation is 1. The Hall–Kier alpha value is -2.81. The van der Waals surface area contributed by atoms with Gasteiger partial charge in [-0.25, -0.2) is 8.42 Å². The van der Waals surface area contributed by atoms with Crippen LogP contribution in [0.15, 0.2) is 76.5 Å². The van der Waals surface area contributed by atoms with E-state index in [9.17, 15) is 13.2 Å². The smallest absolute Gasteiger partial charge is 0.259 e. The summed E-state index contributed by atoms with van der Waals surface area (Å²) >= 11 is 1.76. The highest BCUT2D eigenvalue weighted by Crippen LogP contribution is 2.29. The summed E-state index contributed by atoms with van der Waals surface area (Å²) in [5, 5.41) is 2.94. The second kappa shape index (κ2) is 12.0. The number of methoxy groups -OCH3 is 1. The number of nitrogens with one attached hydrogen (secondary N) is 1. The minimum atomic E-state index is -3.69. The van der Waals surface area contributed by atoms with Gasteiger partial charge in [0.2, 0.25) is 10.0 Å². The molecule has 0 unspecified atom stereocenters. The molecule has 3 aromatic rings. The highest BCUT2D eigenvalue weighted by atomic mass is 32.2. The van der Waals surface area contributed by atoms with Crippen molar-refractivity contribution in [3.05, 3.63) is 83.4 Å². The number of rotatable bonds is 8. The zero-order valence-electron chi connectivity index (χ0n) is 20.7. The number of carbonyl (C=O) groups excluding carboxylic acids is 1. The molecule has 4 rings (SSSR count).